The third-order valence-electron chi connectivity index (χ3n) is 4.31. The van der Waals surface area contributed by atoms with E-state index in [4.69, 9.17) is 0 Å². The van der Waals surface area contributed by atoms with Crippen molar-refractivity contribution < 1.29 is 4.39 Å². The van der Waals surface area contributed by atoms with E-state index in [-0.39, 0.29) is 5.82 Å². The highest BCUT2D eigenvalue weighted by molar-refractivity contribution is 5.24. The van der Waals surface area contributed by atoms with Crippen LogP contribution in [0.4, 0.5) is 4.39 Å². The van der Waals surface area contributed by atoms with Gasteiger partial charge in [-0.05, 0) is 56.1 Å². The Labute approximate surface area is 102 Å². The molecule has 2 aliphatic carbocycles. The van der Waals surface area contributed by atoms with Crippen LogP contribution in [0.25, 0.3) is 0 Å². The summed E-state index contributed by atoms with van der Waals surface area (Å²) >= 11 is 0. The lowest BCUT2D eigenvalue weighted by Crippen LogP contribution is -2.45. The first-order valence-corrected chi connectivity index (χ1v) is 6.74. The van der Waals surface area contributed by atoms with E-state index in [1.165, 1.54) is 12.8 Å². The van der Waals surface area contributed by atoms with Crippen molar-refractivity contribution >= 4 is 0 Å². The molecule has 1 N–H and O–H groups in total. The summed E-state index contributed by atoms with van der Waals surface area (Å²) in [6.07, 6.45) is 4.96. The molecule has 17 heavy (non-hydrogen) atoms. The first-order valence-electron chi connectivity index (χ1n) is 6.74. The predicted octanol–water partition coefficient (Wildman–Crippen LogP) is 3.46. The van der Waals surface area contributed by atoms with Gasteiger partial charge in [0.2, 0.25) is 0 Å². The molecule has 2 saturated carbocycles. The van der Waals surface area contributed by atoms with Crippen molar-refractivity contribution in [2.75, 3.05) is 0 Å². The second-order valence-corrected chi connectivity index (χ2v) is 5.68. The summed E-state index contributed by atoms with van der Waals surface area (Å²) in [6.45, 7) is 2.29. The Morgan fingerprint density at radius 1 is 1.24 bits per heavy atom. The van der Waals surface area contributed by atoms with Gasteiger partial charge in [-0.15, -0.1) is 0 Å². The van der Waals surface area contributed by atoms with Crippen LogP contribution >= 0.6 is 0 Å². The lowest BCUT2D eigenvalue weighted by atomic mass is 9.75. The highest BCUT2D eigenvalue weighted by atomic mass is 19.1. The number of halogens is 1. The first-order chi connectivity index (χ1) is 8.24. The average Bonchev–Trinajstić information content (AvgIpc) is 3.07. The van der Waals surface area contributed by atoms with Crippen LogP contribution in [-0.4, -0.2) is 12.1 Å². The zero-order chi connectivity index (χ0) is 11.8. The summed E-state index contributed by atoms with van der Waals surface area (Å²) in [5.74, 6) is 1.30. The van der Waals surface area contributed by atoms with Crippen molar-refractivity contribution in [2.24, 2.45) is 5.92 Å². The zero-order valence-corrected chi connectivity index (χ0v) is 10.3. The lowest BCUT2D eigenvalue weighted by Gasteiger charge is -2.38. The number of nitrogens with one attached hydrogen (secondary N) is 1. The molecule has 0 aliphatic heterocycles. The summed E-state index contributed by atoms with van der Waals surface area (Å²) in [5, 5.41) is 3.68. The molecule has 0 radical (unpaired) electrons. The predicted molar refractivity (Wildman–Crippen MR) is 67.5 cm³/mol. The van der Waals surface area contributed by atoms with Gasteiger partial charge in [0, 0.05) is 12.1 Å². The Balaban J connectivity index is 1.52. The van der Waals surface area contributed by atoms with Crippen LogP contribution in [0.3, 0.4) is 0 Å². The third kappa shape index (κ3) is 2.37. The van der Waals surface area contributed by atoms with Gasteiger partial charge < -0.3 is 5.32 Å². The Bertz CT molecular complexity index is 394. The van der Waals surface area contributed by atoms with E-state index in [9.17, 15) is 4.39 Å². The van der Waals surface area contributed by atoms with Crippen LogP contribution < -0.4 is 5.32 Å². The minimum atomic E-state index is -0.0359. The van der Waals surface area contributed by atoms with Crippen LogP contribution in [0.1, 0.15) is 44.1 Å². The Morgan fingerprint density at radius 2 is 1.94 bits per heavy atom. The van der Waals surface area contributed by atoms with E-state index in [0.717, 1.165) is 24.3 Å². The van der Waals surface area contributed by atoms with E-state index in [2.05, 4.69) is 12.2 Å². The molecule has 3 rings (SSSR count). The Hall–Kier alpha value is -0.890. The zero-order valence-electron chi connectivity index (χ0n) is 10.3. The second kappa shape index (κ2) is 4.41. The van der Waals surface area contributed by atoms with Crippen molar-refractivity contribution in [2.45, 2.75) is 50.6 Å². The molecule has 2 aliphatic rings. The van der Waals surface area contributed by atoms with Gasteiger partial charge in [-0.3, -0.25) is 0 Å². The van der Waals surface area contributed by atoms with E-state index in [1.807, 2.05) is 12.1 Å². The number of hydrogen-bond acceptors (Lipinski definition) is 1. The summed E-state index contributed by atoms with van der Waals surface area (Å²) in [5.41, 5.74) is 0.907. The molecular weight excluding hydrogens is 213 g/mol. The van der Waals surface area contributed by atoms with Crippen molar-refractivity contribution in [3.63, 3.8) is 0 Å². The lowest BCUT2D eigenvalue weighted by molar-refractivity contribution is 0.256. The Morgan fingerprint density at radius 3 is 2.59 bits per heavy atom. The van der Waals surface area contributed by atoms with Gasteiger partial charge in [0.15, 0.2) is 0 Å². The first kappa shape index (κ1) is 11.2. The normalized spacial score (nSPS) is 29.8. The smallest absolute Gasteiger partial charge is 0.126 e. The summed E-state index contributed by atoms with van der Waals surface area (Å²) in [6, 6.07) is 8.47. The van der Waals surface area contributed by atoms with Gasteiger partial charge >= 0.3 is 0 Å². The number of rotatable bonds is 4. The van der Waals surface area contributed by atoms with Gasteiger partial charge in [-0.25, -0.2) is 4.39 Å². The van der Waals surface area contributed by atoms with Gasteiger partial charge in [0.25, 0.3) is 0 Å². The van der Waals surface area contributed by atoms with Crippen molar-refractivity contribution in [3.8, 4) is 0 Å². The highest BCUT2D eigenvalue weighted by Crippen LogP contribution is 2.40. The molecule has 0 aromatic heterocycles. The van der Waals surface area contributed by atoms with Crippen molar-refractivity contribution in [1.29, 1.82) is 0 Å². The maximum absolute atomic E-state index is 13.6. The minimum absolute atomic E-state index is 0.0359. The van der Waals surface area contributed by atoms with Crippen LogP contribution in [-0.2, 0) is 0 Å². The maximum Gasteiger partial charge on any atom is 0.126 e. The number of benzene rings is 1. The van der Waals surface area contributed by atoms with Crippen LogP contribution in [0.5, 0.6) is 0 Å². The summed E-state index contributed by atoms with van der Waals surface area (Å²) in [4.78, 5) is 0. The third-order valence-corrected chi connectivity index (χ3v) is 4.31. The van der Waals surface area contributed by atoms with Gasteiger partial charge in [-0.2, -0.15) is 0 Å². The van der Waals surface area contributed by atoms with Gasteiger partial charge in [0.1, 0.15) is 5.82 Å². The fourth-order valence-corrected chi connectivity index (χ4v) is 2.92. The topological polar surface area (TPSA) is 12.0 Å². The molecule has 1 aromatic rings. The van der Waals surface area contributed by atoms with Crippen LogP contribution in [0.15, 0.2) is 24.3 Å². The molecule has 0 heterocycles. The number of hydrogen-bond donors (Lipinski definition) is 1. The largest absolute Gasteiger partial charge is 0.311 e. The fourth-order valence-electron chi connectivity index (χ4n) is 2.92. The molecule has 1 unspecified atom stereocenters. The van der Waals surface area contributed by atoms with Crippen LogP contribution in [0, 0.1) is 11.7 Å². The second-order valence-electron chi connectivity index (χ2n) is 5.68. The van der Waals surface area contributed by atoms with E-state index in [1.54, 1.807) is 12.1 Å². The Kier molecular flexibility index (Phi) is 2.91. The molecule has 92 valence electrons. The highest BCUT2D eigenvalue weighted by Gasteiger charge is 2.35. The standard InChI is InChI=1S/C15H20FN/c1-10(11-6-7-11)17-13-8-12(9-13)14-4-2-3-5-15(14)16/h2-5,10-13,17H,6-9H2,1H3. The summed E-state index contributed by atoms with van der Waals surface area (Å²) < 4.78 is 13.6. The molecule has 0 bridgehead atoms. The molecule has 1 aromatic carbocycles. The van der Waals surface area contributed by atoms with Gasteiger partial charge in [-0.1, -0.05) is 18.2 Å². The van der Waals surface area contributed by atoms with E-state index < -0.39 is 0 Å². The molecule has 0 spiro atoms. The molecule has 2 fully saturated rings. The molecule has 1 nitrogen and oxygen atoms in total. The molecule has 1 atom stereocenters. The molecular formula is C15H20FN. The van der Waals surface area contributed by atoms with Crippen LogP contribution in [0.2, 0.25) is 0 Å². The van der Waals surface area contributed by atoms with Gasteiger partial charge in [0.05, 0.1) is 0 Å². The fraction of sp³-hybridized carbons (Fsp3) is 0.600. The average molecular weight is 233 g/mol. The molecule has 2 heteroatoms. The monoisotopic (exact) mass is 233 g/mol. The summed E-state index contributed by atoms with van der Waals surface area (Å²) in [7, 11) is 0. The van der Waals surface area contributed by atoms with Crippen molar-refractivity contribution in [3.05, 3.63) is 35.6 Å². The molecule has 0 amide bonds. The molecule has 0 saturated heterocycles. The minimum Gasteiger partial charge on any atom is -0.311 e. The van der Waals surface area contributed by atoms with E-state index in [0.29, 0.717) is 18.0 Å². The van der Waals surface area contributed by atoms with E-state index >= 15 is 0 Å². The maximum atomic E-state index is 13.6. The van der Waals surface area contributed by atoms with Crippen molar-refractivity contribution in [1.82, 2.24) is 5.32 Å². The quantitative estimate of drug-likeness (QED) is 0.839. The SMILES string of the molecule is CC(NC1CC(c2ccccc2F)C1)C1CC1.